The minimum Gasteiger partial charge on any atom is -0.410 e. The second-order valence-corrected chi connectivity index (χ2v) is 16.0. The van der Waals surface area contributed by atoms with Gasteiger partial charge in [0.25, 0.3) is 0 Å². The molecule has 32 heavy (non-hydrogen) atoms. The lowest BCUT2D eigenvalue weighted by molar-refractivity contribution is -0.168. The van der Waals surface area contributed by atoms with E-state index in [4.69, 9.17) is 13.9 Å². The number of ether oxygens (including phenoxy) is 2. The van der Waals surface area contributed by atoms with E-state index < -0.39 is 19.7 Å². The van der Waals surface area contributed by atoms with Gasteiger partial charge in [-0.2, -0.15) is 0 Å². The SMILES string of the molecule is CC[Si](CC)(CC)O[C@]12CC[C@H]([C@H]3COC(C)(C)O3)[C@@]1(C)CC(=O)C1=C(C)C(=O)CC[C@H]12. The maximum Gasteiger partial charge on any atom is 0.192 e. The van der Waals surface area contributed by atoms with E-state index in [9.17, 15) is 9.59 Å². The number of carbonyl (C=O) groups is 2. The Labute approximate surface area is 194 Å². The molecule has 4 aliphatic rings. The fourth-order valence-corrected chi connectivity index (χ4v) is 10.7. The Bertz CT molecular complexity index is 820. The molecule has 0 amide bonds. The molecule has 3 aliphatic carbocycles. The van der Waals surface area contributed by atoms with Gasteiger partial charge in [0.15, 0.2) is 25.7 Å². The highest BCUT2D eigenvalue weighted by Crippen LogP contribution is 2.66. The molecule has 0 spiro atoms. The normalized spacial score (nSPS) is 39.4. The van der Waals surface area contributed by atoms with Gasteiger partial charge < -0.3 is 13.9 Å². The van der Waals surface area contributed by atoms with Crippen molar-refractivity contribution in [2.24, 2.45) is 17.3 Å². The van der Waals surface area contributed by atoms with Crippen LogP contribution in [0, 0.1) is 17.3 Å². The Morgan fingerprint density at radius 1 is 1.03 bits per heavy atom. The molecule has 0 radical (unpaired) electrons. The van der Waals surface area contributed by atoms with Crippen molar-refractivity contribution in [2.45, 2.75) is 116 Å². The third-order valence-electron chi connectivity index (χ3n) is 9.64. The van der Waals surface area contributed by atoms with Crippen molar-refractivity contribution in [3.63, 3.8) is 0 Å². The van der Waals surface area contributed by atoms with E-state index in [0.29, 0.717) is 25.0 Å². The molecule has 1 heterocycles. The topological polar surface area (TPSA) is 61.8 Å². The van der Waals surface area contributed by atoms with Gasteiger partial charge in [-0.3, -0.25) is 9.59 Å². The van der Waals surface area contributed by atoms with Crippen molar-refractivity contribution < 1.29 is 23.5 Å². The Balaban J connectivity index is 1.84. The first-order valence-corrected chi connectivity index (χ1v) is 15.3. The lowest BCUT2D eigenvalue weighted by atomic mass is 9.53. The van der Waals surface area contributed by atoms with Crippen LogP contribution in [0.3, 0.4) is 0 Å². The van der Waals surface area contributed by atoms with E-state index in [1.165, 1.54) is 0 Å². The third kappa shape index (κ3) is 3.43. The second-order valence-electron chi connectivity index (χ2n) is 11.3. The Hall–Kier alpha value is -0.823. The molecular weight excluding hydrogens is 420 g/mol. The van der Waals surface area contributed by atoms with Crippen molar-refractivity contribution in [1.82, 2.24) is 0 Å². The van der Waals surface area contributed by atoms with Crippen LogP contribution in [0.2, 0.25) is 18.1 Å². The second kappa shape index (κ2) is 8.14. The first kappa shape index (κ1) is 24.3. The van der Waals surface area contributed by atoms with Gasteiger partial charge in [0, 0.05) is 29.7 Å². The van der Waals surface area contributed by atoms with E-state index in [1.54, 1.807) is 0 Å². The predicted octanol–water partition coefficient (Wildman–Crippen LogP) is 5.58. The number of hydrogen-bond donors (Lipinski definition) is 0. The molecule has 5 atom stereocenters. The molecule has 1 saturated heterocycles. The quantitative estimate of drug-likeness (QED) is 0.482. The summed E-state index contributed by atoms with van der Waals surface area (Å²) in [6, 6.07) is 3.24. The Morgan fingerprint density at radius 3 is 2.25 bits per heavy atom. The van der Waals surface area contributed by atoms with Gasteiger partial charge in [-0.15, -0.1) is 0 Å². The summed E-state index contributed by atoms with van der Waals surface area (Å²) in [5, 5.41) is 0. The van der Waals surface area contributed by atoms with Crippen LogP contribution in [0.4, 0.5) is 0 Å². The van der Waals surface area contributed by atoms with E-state index in [-0.39, 0.29) is 34.9 Å². The predicted molar refractivity (Wildman–Crippen MR) is 127 cm³/mol. The summed E-state index contributed by atoms with van der Waals surface area (Å²) in [6.45, 7) is 15.5. The number of carbonyl (C=O) groups excluding carboxylic acids is 2. The Kier molecular flexibility index (Phi) is 6.18. The molecule has 6 heteroatoms. The van der Waals surface area contributed by atoms with E-state index in [0.717, 1.165) is 43.0 Å². The van der Waals surface area contributed by atoms with Gasteiger partial charge >= 0.3 is 0 Å². The molecule has 0 aromatic rings. The molecule has 5 nitrogen and oxygen atoms in total. The van der Waals surface area contributed by atoms with E-state index in [1.807, 2.05) is 20.8 Å². The van der Waals surface area contributed by atoms with Crippen LogP contribution in [0.25, 0.3) is 0 Å². The zero-order chi connectivity index (χ0) is 23.5. The molecule has 2 saturated carbocycles. The number of allylic oxidation sites excluding steroid dienone is 1. The summed E-state index contributed by atoms with van der Waals surface area (Å²) in [5.41, 5.74) is 0.769. The molecule has 3 fully saturated rings. The number of Topliss-reactive ketones (excluding diaryl/α,β-unsaturated/α-hetero) is 2. The first-order chi connectivity index (χ1) is 15.0. The molecular formula is C26H42O5Si. The summed E-state index contributed by atoms with van der Waals surface area (Å²) >= 11 is 0. The van der Waals surface area contributed by atoms with Crippen molar-refractivity contribution in [2.75, 3.05) is 6.61 Å². The van der Waals surface area contributed by atoms with Crippen LogP contribution < -0.4 is 0 Å². The van der Waals surface area contributed by atoms with Crippen molar-refractivity contribution in [3.05, 3.63) is 11.1 Å². The molecule has 4 rings (SSSR count). The number of rotatable bonds is 6. The standard InChI is InChI=1S/C26H42O5Si/c1-8-32(9-2,10-3)31-26-14-13-18(22-16-29-24(5,6)30-22)25(26,7)15-21(28)23-17(4)20(27)12-11-19(23)26/h18-19,22H,8-16H2,1-7H3/t18-,19-,22-,25-,26+/m1/s1. The fourth-order valence-electron chi connectivity index (χ4n) is 7.56. The average Bonchev–Trinajstić information content (AvgIpc) is 3.25. The van der Waals surface area contributed by atoms with Crippen molar-refractivity contribution in [1.29, 1.82) is 0 Å². The summed E-state index contributed by atoms with van der Waals surface area (Å²) < 4.78 is 19.9. The summed E-state index contributed by atoms with van der Waals surface area (Å²) in [4.78, 5) is 26.2. The van der Waals surface area contributed by atoms with Crippen LogP contribution in [0.1, 0.15) is 80.6 Å². The molecule has 0 aromatic heterocycles. The fraction of sp³-hybridized carbons (Fsp3) is 0.846. The van der Waals surface area contributed by atoms with Gasteiger partial charge in [0.1, 0.15) is 0 Å². The summed E-state index contributed by atoms with van der Waals surface area (Å²) in [7, 11) is -1.97. The molecule has 0 aromatic carbocycles. The molecule has 0 N–H and O–H groups in total. The smallest absolute Gasteiger partial charge is 0.192 e. The molecule has 0 unspecified atom stereocenters. The van der Waals surface area contributed by atoms with Gasteiger partial charge in [0.05, 0.1) is 18.3 Å². The van der Waals surface area contributed by atoms with E-state index in [2.05, 4.69) is 27.7 Å². The van der Waals surface area contributed by atoms with E-state index >= 15 is 0 Å². The lowest BCUT2D eigenvalue weighted by Crippen LogP contribution is -2.64. The van der Waals surface area contributed by atoms with Gasteiger partial charge in [-0.1, -0.05) is 27.7 Å². The van der Waals surface area contributed by atoms with Gasteiger partial charge in [-0.05, 0) is 69.7 Å². The number of hydrogen-bond acceptors (Lipinski definition) is 5. The number of fused-ring (bicyclic) bond motifs is 3. The zero-order valence-corrected chi connectivity index (χ0v) is 22.1. The minimum atomic E-state index is -1.97. The highest BCUT2D eigenvalue weighted by atomic mass is 28.4. The maximum atomic E-state index is 13.6. The van der Waals surface area contributed by atoms with Gasteiger partial charge in [0.2, 0.25) is 0 Å². The van der Waals surface area contributed by atoms with Crippen LogP contribution >= 0.6 is 0 Å². The highest BCUT2D eigenvalue weighted by molar-refractivity contribution is 6.73. The highest BCUT2D eigenvalue weighted by Gasteiger charge is 2.69. The lowest BCUT2D eigenvalue weighted by Gasteiger charge is -2.59. The van der Waals surface area contributed by atoms with Crippen LogP contribution in [0.5, 0.6) is 0 Å². The zero-order valence-electron chi connectivity index (χ0n) is 21.1. The monoisotopic (exact) mass is 462 g/mol. The Morgan fingerprint density at radius 2 is 1.69 bits per heavy atom. The molecule has 180 valence electrons. The molecule has 0 bridgehead atoms. The average molecular weight is 463 g/mol. The largest absolute Gasteiger partial charge is 0.410 e. The van der Waals surface area contributed by atoms with Crippen molar-refractivity contribution in [3.8, 4) is 0 Å². The third-order valence-corrected chi connectivity index (χ3v) is 14.3. The van der Waals surface area contributed by atoms with Crippen LogP contribution in [0.15, 0.2) is 11.1 Å². The minimum absolute atomic E-state index is 0.0170. The first-order valence-electron chi connectivity index (χ1n) is 12.8. The number of ketones is 2. The van der Waals surface area contributed by atoms with Gasteiger partial charge in [-0.25, -0.2) is 0 Å². The van der Waals surface area contributed by atoms with Crippen molar-refractivity contribution >= 4 is 19.9 Å². The summed E-state index contributed by atoms with van der Waals surface area (Å²) in [5.74, 6) is -0.0611. The maximum absolute atomic E-state index is 13.6. The summed E-state index contributed by atoms with van der Waals surface area (Å²) in [6.07, 6.45) is 3.59. The van der Waals surface area contributed by atoms with Crippen LogP contribution in [-0.2, 0) is 23.5 Å². The molecule has 1 aliphatic heterocycles. The van der Waals surface area contributed by atoms with Crippen LogP contribution in [-0.4, -0.2) is 44.0 Å².